The van der Waals surface area contributed by atoms with Crippen molar-refractivity contribution < 1.29 is 0 Å². The number of thiophene rings is 1. The Morgan fingerprint density at radius 2 is 2.43 bits per heavy atom. The van der Waals surface area contributed by atoms with Crippen LogP contribution in [-0.4, -0.2) is 31.1 Å². The van der Waals surface area contributed by atoms with E-state index in [1.165, 1.54) is 17.7 Å². The van der Waals surface area contributed by atoms with Crippen LogP contribution < -0.4 is 5.32 Å². The van der Waals surface area contributed by atoms with Gasteiger partial charge < -0.3 is 10.2 Å². The van der Waals surface area contributed by atoms with E-state index >= 15 is 0 Å². The second-order valence-electron chi connectivity index (χ2n) is 4.05. The molecular formula is C11H18N2S. The topological polar surface area (TPSA) is 15.3 Å². The van der Waals surface area contributed by atoms with E-state index < -0.39 is 0 Å². The predicted octanol–water partition coefficient (Wildman–Crippen LogP) is 1.93. The van der Waals surface area contributed by atoms with Crippen LogP contribution in [0, 0.1) is 0 Å². The second-order valence-corrected chi connectivity index (χ2v) is 5.08. The largest absolute Gasteiger partial charge is 0.313 e. The highest BCUT2D eigenvalue weighted by atomic mass is 32.1. The first kappa shape index (κ1) is 10.1. The molecule has 2 nitrogen and oxygen atoms in total. The van der Waals surface area contributed by atoms with Gasteiger partial charge in [0, 0.05) is 30.6 Å². The number of nitrogens with one attached hydrogen (secondary N) is 1. The minimum absolute atomic E-state index is 0.838. The van der Waals surface area contributed by atoms with Gasteiger partial charge in [0.1, 0.15) is 0 Å². The van der Waals surface area contributed by atoms with E-state index in [1.807, 2.05) is 11.3 Å². The maximum absolute atomic E-state index is 3.53. The maximum atomic E-state index is 3.53. The highest BCUT2D eigenvalue weighted by Crippen LogP contribution is 2.18. The molecule has 14 heavy (non-hydrogen) atoms. The number of hydrogen-bond acceptors (Lipinski definition) is 3. The predicted molar refractivity (Wildman–Crippen MR) is 61.7 cm³/mol. The van der Waals surface area contributed by atoms with Gasteiger partial charge in [-0.3, -0.25) is 0 Å². The standard InChI is InChI=1S/C11H18N2S/c1-13(7-6-12-10-4-5-10)9-11-3-2-8-14-11/h2-3,8,10,12H,4-7,9H2,1H3. The van der Waals surface area contributed by atoms with Crippen LogP contribution in [0.25, 0.3) is 0 Å². The number of likely N-dealkylation sites (N-methyl/N-ethyl adjacent to an activating group) is 1. The van der Waals surface area contributed by atoms with E-state index in [1.54, 1.807) is 0 Å². The normalized spacial score (nSPS) is 16.4. The number of rotatable bonds is 6. The first-order chi connectivity index (χ1) is 6.84. The van der Waals surface area contributed by atoms with Gasteiger partial charge in [-0.1, -0.05) is 6.07 Å². The van der Waals surface area contributed by atoms with Gasteiger partial charge in [0.25, 0.3) is 0 Å². The summed E-state index contributed by atoms with van der Waals surface area (Å²) in [6.07, 6.45) is 2.77. The lowest BCUT2D eigenvalue weighted by molar-refractivity contribution is 0.327. The van der Waals surface area contributed by atoms with Gasteiger partial charge >= 0.3 is 0 Å². The maximum Gasteiger partial charge on any atom is 0.0325 e. The Hall–Kier alpha value is -0.380. The molecule has 0 saturated heterocycles. The van der Waals surface area contributed by atoms with Crippen molar-refractivity contribution in [2.45, 2.75) is 25.4 Å². The van der Waals surface area contributed by atoms with Crippen molar-refractivity contribution in [3.63, 3.8) is 0 Å². The fraction of sp³-hybridized carbons (Fsp3) is 0.636. The summed E-state index contributed by atoms with van der Waals surface area (Å²) in [4.78, 5) is 3.83. The zero-order valence-corrected chi connectivity index (χ0v) is 9.52. The Balaban J connectivity index is 1.60. The van der Waals surface area contributed by atoms with Crippen LogP contribution >= 0.6 is 11.3 Å². The lowest BCUT2D eigenvalue weighted by atomic mass is 10.4. The first-order valence-corrected chi connectivity index (χ1v) is 6.17. The Labute approximate surface area is 89.9 Å². The van der Waals surface area contributed by atoms with Crippen molar-refractivity contribution in [2.24, 2.45) is 0 Å². The van der Waals surface area contributed by atoms with Crippen LogP contribution in [0.3, 0.4) is 0 Å². The van der Waals surface area contributed by atoms with Crippen LogP contribution in [-0.2, 0) is 6.54 Å². The van der Waals surface area contributed by atoms with Gasteiger partial charge in [-0.15, -0.1) is 11.3 Å². The first-order valence-electron chi connectivity index (χ1n) is 5.29. The Bertz CT molecular complexity index is 254. The highest BCUT2D eigenvalue weighted by molar-refractivity contribution is 7.09. The second kappa shape index (κ2) is 4.91. The molecule has 0 aromatic carbocycles. The van der Waals surface area contributed by atoms with E-state index in [0.29, 0.717) is 0 Å². The SMILES string of the molecule is CN(CCNC1CC1)Cc1cccs1. The molecule has 1 fully saturated rings. The zero-order chi connectivity index (χ0) is 9.80. The van der Waals surface area contributed by atoms with E-state index in [9.17, 15) is 0 Å². The average molecular weight is 210 g/mol. The minimum atomic E-state index is 0.838. The summed E-state index contributed by atoms with van der Waals surface area (Å²) >= 11 is 1.84. The molecule has 1 N–H and O–H groups in total. The molecule has 1 aromatic rings. The third-order valence-corrected chi connectivity index (χ3v) is 3.37. The lowest BCUT2D eigenvalue weighted by Gasteiger charge is -2.15. The van der Waals surface area contributed by atoms with Crippen LogP contribution in [0.5, 0.6) is 0 Å². The third kappa shape index (κ3) is 3.40. The van der Waals surface area contributed by atoms with Crippen molar-refractivity contribution in [2.75, 3.05) is 20.1 Å². The summed E-state index contributed by atoms with van der Waals surface area (Å²) in [5.74, 6) is 0. The Morgan fingerprint density at radius 3 is 3.07 bits per heavy atom. The molecule has 0 radical (unpaired) electrons. The molecule has 78 valence electrons. The van der Waals surface area contributed by atoms with Gasteiger partial charge in [-0.05, 0) is 31.3 Å². The average Bonchev–Trinajstić information content (AvgIpc) is 2.83. The molecule has 0 bridgehead atoms. The smallest absolute Gasteiger partial charge is 0.0325 e. The van der Waals surface area contributed by atoms with Crippen molar-refractivity contribution in [1.29, 1.82) is 0 Å². The molecule has 1 heterocycles. The number of nitrogens with zero attached hydrogens (tertiary/aromatic N) is 1. The lowest BCUT2D eigenvalue weighted by Crippen LogP contribution is -2.29. The fourth-order valence-electron chi connectivity index (χ4n) is 1.49. The van der Waals surface area contributed by atoms with Crippen molar-refractivity contribution >= 4 is 11.3 Å². The van der Waals surface area contributed by atoms with Crippen LogP contribution in [0.2, 0.25) is 0 Å². The van der Waals surface area contributed by atoms with Gasteiger partial charge in [0.05, 0.1) is 0 Å². The van der Waals surface area contributed by atoms with Gasteiger partial charge in [-0.2, -0.15) is 0 Å². The molecule has 0 spiro atoms. The van der Waals surface area contributed by atoms with Crippen LogP contribution in [0.4, 0.5) is 0 Å². The molecule has 0 unspecified atom stereocenters. The van der Waals surface area contributed by atoms with E-state index in [-0.39, 0.29) is 0 Å². The van der Waals surface area contributed by atoms with E-state index in [2.05, 4.69) is 34.8 Å². The highest BCUT2D eigenvalue weighted by Gasteiger charge is 2.19. The van der Waals surface area contributed by atoms with E-state index in [4.69, 9.17) is 0 Å². The van der Waals surface area contributed by atoms with Gasteiger partial charge in [-0.25, -0.2) is 0 Å². The molecule has 1 saturated carbocycles. The van der Waals surface area contributed by atoms with Crippen molar-refractivity contribution in [1.82, 2.24) is 10.2 Å². The van der Waals surface area contributed by atoms with Crippen LogP contribution in [0.1, 0.15) is 17.7 Å². The molecule has 0 atom stereocenters. The molecule has 1 aromatic heterocycles. The molecular weight excluding hydrogens is 192 g/mol. The van der Waals surface area contributed by atoms with Crippen molar-refractivity contribution in [3.05, 3.63) is 22.4 Å². The summed E-state index contributed by atoms with van der Waals surface area (Å²) in [6, 6.07) is 5.16. The molecule has 0 amide bonds. The molecule has 2 rings (SSSR count). The monoisotopic (exact) mass is 210 g/mol. The Kier molecular flexibility index (Phi) is 3.56. The number of hydrogen-bond donors (Lipinski definition) is 1. The minimum Gasteiger partial charge on any atom is -0.313 e. The summed E-state index contributed by atoms with van der Waals surface area (Å²) < 4.78 is 0. The molecule has 0 aliphatic heterocycles. The third-order valence-electron chi connectivity index (χ3n) is 2.51. The fourth-order valence-corrected chi connectivity index (χ4v) is 2.28. The summed E-state index contributed by atoms with van der Waals surface area (Å²) in [6.45, 7) is 3.37. The Morgan fingerprint density at radius 1 is 1.57 bits per heavy atom. The summed E-state index contributed by atoms with van der Waals surface area (Å²) in [5.41, 5.74) is 0. The molecule has 1 aliphatic carbocycles. The quantitative estimate of drug-likeness (QED) is 0.772. The van der Waals surface area contributed by atoms with Crippen LogP contribution in [0.15, 0.2) is 17.5 Å². The summed E-state index contributed by atoms with van der Waals surface area (Å²) in [5, 5.41) is 5.67. The van der Waals surface area contributed by atoms with E-state index in [0.717, 1.165) is 25.7 Å². The van der Waals surface area contributed by atoms with Gasteiger partial charge in [0.2, 0.25) is 0 Å². The summed E-state index contributed by atoms with van der Waals surface area (Å²) in [7, 11) is 2.19. The zero-order valence-electron chi connectivity index (χ0n) is 8.70. The van der Waals surface area contributed by atoms with Crippen molar-refractivity contribution in [3.8, 4) is 0 Å². The molecule has 3 heteroatoms. The molecule has 1 aliphatic rings. The van der Waals surface area contributed by atoms with Gasteiger partial charge in [0.15, 0.2) is 0 Å².